The van der Waals surface area contributed by atoms with E-state index in [1.165, 1.54) is 51.4 Å². The molecule has 0 aromatic heterocycles. The molecule has 1 amide bonds. The summed E-state index contributed by atoms with van der Waals surface area (Å²) in [7, 11) is 2.07. The number of esters is 1. The molecule has 3 N–H and O–H groups in total. The Labute approximate surface area is 206 Å². The Bertz CT molecular complexity index is 529. The van der Waals surface area contributed by atoms with Crippen LogP contribution in [-0.2, 0) is 14.3 Å². The zero-order chi connectivity index (χ0) is 25.0. The molecule has 34 heavy (non-hydrogen) atoms. The second kappa shape index (κ2) is 19.9. The number of rotatable bonds is 20. The lowest BCUT2D eigenvalue weighted by atomic mass is 10.0. The number of unbranched alkanes of at least 4 members (excludes halogenated alkanes) is 9. The topological polar surface area (TPSA) is 108 Å². The number of likely N-dealkylation sites (N-methyl/N-ethyl adjacent to an activating group) is 1. The number of hydrogen-bond donors (Lipinski definition) is 3. The van der Waals surface area contributed by atoms with E-state index in [4.69, 9.17) is 19.7 Å². The van der Waals surface area contributed by atoms with Gasteiger partial charge in [-0.25, -0.2) is 4.79 Å². The maximum atomic E-state index is 12.4. The van der Waals surface area contributed by atoms with E-state index in [1.807, 2.05) is 0 Å². The first-order valence-electron chi connectivity index (χ1n) is 13.6. The third kappa shape index (κ3) is 14.8. The highest BCUT2D eigenvalue weighted by atomic mass is 16.6. The van der Waals surface area contributed by atoms with Crippen LogP contribution in [0.2, 0.25) is 0 Å². The lowest BCUT2D eigenvalue weighted by Gasteiger charge is -2.22. The van der Waals surface area contributed by atoms with Crippen LogP contribution in [0.1, 0.15) is 103 Å². The number of likely N-dealkylation sites (tertiary alicyclic amines) is 1. The van der Waals surface area contributed by atoms with Crippen molar-refractivity contribution in [2.24, 2.45) is 0 Å². The Balaban J connectivity index is 2.34. The fourth-order valence-corrected chi connectivity index (χ4v) is 4.41. The van der Waals surface area contributed by atoms with E-state index < -0.39 is 31.4 Å². The SMILES string of the molecule is CCCCCCCCCCCCC(CCC(=O)OC(CO)CO)OC(=O)NCC1CCCN1C. The van der Waals surface area contributed by atoms with Crippen LogP contribution in [0.3, 0.4) is 0 Å². The van der Waals surface area contributed by atoms with E-state index in [0.717, 1.165) is 32.2 Å². The molecule has 8 heteroatoms. The molecule has 0 spiro atoms. The zero-order valence-electron chi connectivity index (χ0n) is 21.6. The monoisotopic (exact) mass is 486 g/mol. The predicted octanol–water partition coefficient (Wildman–Crippen LogP) is 4.16. The largest absolute Gasteiger partial charge is 0.457 e. The Morgan fingerprint density at radius 3 is 2.09 bits per heavy atom. The van der Waals surface area contributed by atoms with Crippen LogP contribution in [0.15, 0.2) is 0 Å². The average Bonchev–Trinajstić information content (AvgIpc) is 3.25. The van der Waals surface area contributed by atoms with Crippen molar-refractivity contribution in [3.63, 3.8) is 0 Å². The van der Waals surface area contributed by atoms with E-state index in [-0.39, 0.29) is 12.5 Å². The van der Waals surface area contributed by atoms with Gasteiger partial charge in [0.15, 0.2) is 0 Å². The normalized spacial score (nSPS) is 17.1. The first kappa shape index (κ1) is 30.7. The van der Waals surface area contributed by atoms with Gasteiger partial charge in [0, 0.05) is 19.0 Å². The van der Waals surface area contributed by atoms with Gasteiger partial charge >= 0.3 is 12.1 Å². The van der Waals surface area contributed by atoms with Gasteiger partial charge in [-0.3, -0.25) is 4.79 Å². The Hall–Kier alpha value is -1.38. The van der Waals surface area contributed by atoms with Crippen molar-refractivity contribution in [2.45, 2.75) is 121 Å². The number of amides is 1. The average molecular weight is 487 g/mol. The van der Waals surface area contributed by atoms with E-state index in [9.17, 15) is 9.59 Å². The molecule has 0 saturated carbocycles. The summed E-state index contributed by atoms with van der Waals surface area (Å²) in [6.07, 6.45) is 14.0. The molecule has 1 saturated heterocycles. The van der Waals surface area contributed by atoms with Gasteiger partial charge < -0.3 is 29.9 Å². The van der Waals surface area contributed by atoms with Crippen molar-refractivity contribution in [1.29, 1.82) is 0 Å². The van der Waals surface area contributed by atoms with Crippen molar-refractivity contribution < 1.29 is 29.3 Å². The van der Waals surface area contributed by atoms with Crippen LogP contribution < -0.4 is 5.32 Å². The van der Waals surface area contributed by atoms with E-state index in [1.54, 1.807) is 0 Å². The van der Waals surface area contributed by atoms with Gasteiger partial charge in [-0.05, 0) is 45.7 Å². The quantitative estimate of drug-likeness (QED) is 0.175. The molecular weight excluding hydrogens is 436 g/mol. The highest BCUT2D eigenvalue weighted by Crippen LogP contribution is 2.17. The highest BCUT2D eigenvalue weighted by Gasteiger charge is 2.23. The Morgan fingerprint density at radius 2 is 1.53 bits per heavy atom. The van der Waals surface area contributed by atoms with Crippen molar-refractivity contribution >= 4 is 12.1 Å². The zero-order valence-corrected chi connectivity index (χ0v) is 21.6. The first-order chi connectivity index (χ1) is 16.5. The first-order valence-corrected chi connectivity index (χ1v) is 13.6. The number of hydrogen-bond acceptors (Lipinski definition) is 7. The van der Waals surface area contributed by atoms with Gasteiger partial charge in [0.05, 0.1) is 13.2 Å². The summed E-state index contributed by atoms with van der Waals surface area (Å²) in [4.78, 5) is 26.7. The molecule has 0 radical (unpaired) electrons. The molecule has 1 aliphatic heterocycles. The third-order valence-corrected chi connectivity index (χ3v) is 6.68. The molecule has 0 aliphatic carbocycles. The lowest BCUT2D eigenvalue weighted by Crippen LogP contribution is -2.39. The maximum Gasteiger partial charge on any atom is 0.407 e. The molecule has 2 atom stereocenters. The van der Waals surface area contributed by atoms with Crippen LogP contribution in [0, 0.1) is 0 Å². The van der Waals surface area contributed by atoms with Crippen LogP contribution in [0.4, 0.5) is 4.79 Å². The minimum atomic E-state index is -0.902. The number of carbonyl (C=O) groups is 2. The number of nitrogens with zero attached hydrogens (tertiary/aromatic N) is 1. The maximum absolute atomic E-state index is 12.4. The number of ether oxygens (including phenoxy) is 2. The summed E-state index contributed by atoms with van der Waals surface area (Å²) in [5.41, 5.74) is 0. The molecule has 8 nitrogen and oxygen atoms in total. The number of nitrogens with one attached hydrogen (secondary N) is 1. The van der Waals surface area contributed by atoms with Crippen molar-refractivity contribution in [2.75, 3.05) is 33.4 Å². The third-order valence-electron chi connectivity index (χ3n) is 6.68. The standard InChI is InChI=1S/C26H50N2O6/c1-3-4-5-6-7-8-9-10-11-12-15-23(16-17-25(31)33-24(20-29)21-30)34-26(32)27-19-22-14-13-18-28(22)2/h22-24,29-30H,3-21H2,1-2H3,(H,27,32). The molecule has 1 aliphatic rings. The molecular formula is C26H50N2O6. The molecule has 0 aromatic rings. The summed E-state index contributed by atoms with van der Waals surface area (Å²) in [6.45, 7) is 3.01. The van der Waals surface area contributed by atoms with Gasteiger partial charge in [0.1, 0.15) is 12.2 Å². The van der Waals surface area contributed by atoms with E-state index in [0.29, 0.717) is 25.4 Å². The smallest absolute Gasteiger partial charge is 0.407 e. The van der Waals surface area contributed by atoms with Crippen LogP contribution in [0.5, 0.6) is 0 Å². The second-order valence-electron chi connectivity index (χ2n) is 9.67. The number of alkyl carbamates (subject to hydrolysis) is 1. The fraction of sp³-hybridized carbons (Fsp3) is 0.923. The van der Waals surface area contributed by atoms with Crippen LogP contribution >= 0.6 is 0 Å². The molecule has 1 fully saturated rings. The summed E-state index contributed by atoms with van der Waals surface area (Å²) in [5.74, 6) is -0.502. The fourth-order valence-electron chi connectivity index (χ4n) is 4.41. The van der Waals surface area contributed by atoms with Crippen LogP contribution in [-0.4, -0.2) is 78.8 Å². The minimum absolute atomic E-state index is 0.0809. The molecule has 1 rings (SSSR count). The van der Waals surface area contributed by atoms with Gasteiger partial charge in [0.2, 0.25) is 0 Å². The Morgan fingerprint density at radius 1 is 0.912 bits per heavy atom. The predicted molar refractivity (Wildman–Crippen MR) is 134 cm³/mol. The number of aliphatic hydroxyl groups is 2. The van der Waals surface area contributed by atoms with Crippen LogP contribution in [0.25, 0.3) is 0 Å². The lowest BCUT2D eigenvalue weighted by molar-refractivity contribution is -0.154. The minimum Gasteiger partial charge on any atom is -0.457 e. The summed E-state index contributed by atoms with van der Waals surface area (Å²) < 4.78 is 10.7. The van der Waals surface area contributed by atoms with Gasteiger partial charge in [0.25, 0.3) is 0 Å². The molecule has 200 valence electrons. The van der Waals surface area contributed by atoms with E-state index in [2.05, 4.69) is 24.2 Å². The summed E-state index contributed by atoms with van der Waals surface area (Å²) in [5, 5.41) is 21.0. The van der Waals surface area contributed by atoms with Crippen molar-refractivity contribution in [3.8, 4) is 0 Å². The van der Waals surface area contributed by atoms with Gasteiger partial charge in [-0.1, -0.05) is 64.7 Å². The molecule has 0 aromatic carbocycles. The summed E-state index contributed by atoms with van der Waals surface area (Å²) in [6, 6.07) is 0.344. The van der Waals surface area contributed by atoms with Crippen molar-refractivity contribution in [3.05, 3.63) is 0 Å². The molecule has 1 heterocycles. The number of aliphatic hydroxyl groups excluding tert-OH is 2. The van der Waals surface area contributed by atoms with Gasteiger partial charge in [-0.2, -0.15) is 0 Å². The van der Waals surface area contributed by atoms with E-state index >= 15 is 0 Å². The highest BCUT2D eigenvalue weighted by molar-refractivity contribution is 5.70. The summed E-state index contributed by atoms with van der Waals surface area (Å²) >= 11 is 0. The van der Waals surface area contributed by atoms with Gasteiger partial charge in [-0.15, -0.1) is 0 Å². The second-order valence-corrected chi connectivity index (χ2v) is 9.67. The Kier molecular flexibility index (Phi) is 17.9. The number of carbonyl (C=O) groups excluding carboxylic acids is 2. The van der Waals surface area contributed by atoms with Crippen molar-refractivity contribution in [1.82, 2.24) is 10.2 Å². The molecule has 0 bridgehead atoms. The molecule has 2 unspecified atom stereocenters.